The van der Waals surface area contributed by atoms with E-state index in [1.165, 1.54) is 6.07 Å². The molecule has 2 rings (SSSR count). The number of hydrogen-bond acceptors (Lipinski definition) is 4. The molecule has 0 amide bonds. The van der Waals surface area contributed by atoms with Gasteiger partial charge in [0.25, 0.3) is 0 Å². The van der Waals surface area contributed by atoms with Crippen molar-refractivity contribution in [3.63, 3.8) is 0 Å². The highest BCUT2D eigenvalue weighted by Crippen LogP contribution is 2.15. The first kappa shape index (κ1) is 15.4. The molecule has 1 fully saturated rings. The lowest BCUT2D eigenvalue weighted by Crippen LogP contribution is -2.44. The van der Waals surface area contributed by atoms with Crippen LogP contribution in [0.2, 0.25) is 0 Å². The van der Waals surface area contributed by atoms with Crippen molar-refractivity contribution in [1.29, 1.82) is 0 Å². The Labute approximate surface area is 119 Å². The van der Waals surface area contributed by atoms with E-state index in [-0.39, 0.29) is 11.9 Å². The van der Waals surface area contributed by atoms with Gasteiger partial charge in [0.15, 0.2) is 0 Å². The maximum atomic E-state index is 13.6. The Kier molecular flexibility index (Phi) is 5.91. The van der Waals surface area contributed by atoms with Gasteiger partial charge in [0.1, 0.15) is 5.82 Å². The number of β-amino-alcohol motifs (C(OH)–C–C–N with tert-alkyl or cyclic N) is 1. The fourth-order valence-electron chi connectivity index (χ4n) is 2.40. The lowest BCUT2D eigenvalue weighted by molar-refractivity contribution is 0.0145. The van der Waals surface area contributed by atoms with Crippen LogP contribution in [0.25, 0.3) is 0 Å². The van der Waals surface area contributed by atoms with Crippen molar-refractivity contribution in [3.05, 3.63) is 35.6 Å². The lowest BCUT2D eigenvalue weighted by atomic mass is 10.1. The lowest BCUT2D eigenvalue weighted by Gasteiger charge is -2.29. The molecule has 2 N–H and O–H groups in total. The van der Waals surface area contributed by atoms with Gasteiger partial charge in [-0.15, -0.1) is 0 Å². The van der Waals surface area contributed by atoms with Crippen LogP contribution in [-0.2, 0) is 4.74 Å². The molecule has 0 aliphatic carbocycles. The molecule has 0 bridgehead atoms. The highest BCUT2D eigenvalue weighted by molar-refractivity contribution is 5.20. The molecular formula is C15H23FN2O2. The van der Waals surface area contributed by atoms with Crippen LogP contribution in [0.1, 0.15) is 18.5 Å². The number of aliphatic hydroxyl groups is 1. The maximum absolute atomic E-state index is 13.6. The Hall–Kier alpha value is -1.01. The summed E-state index contributed by atoms with van der Waals surface area (Å²) in [5.74, 6) is -0.213. The van der Waals surface area contributed by atoms with Gasteiger partial charge in [-0.2, -0.15) is 0 Å². The van der Waals surface area contributed by atoms with Gasteiger partial charge < -0.3 is 15.2 Å². The second-order valence-electron chi connectivity index (χ2n) is 5.22. The Morgan fingerprint density at radius 1 is 1.35 bits per heavy atom. The first-order valence-electron chi connectivity index (χ1n) is 7.13. The fourth-order valence-corrected chi connectivity index (χ4v) is 2.40. The monoisotopic (exact) mass is 282 g/mol. The van der Waals surface area contributed by atoms with Crippen molar-refractivity contribution in [2.75, 3.05) is 39.4 Å². The molecule has 5 heteroatoms. The van der Waals surface area contributed by atoms with Gasteiger partial charge in [-0.05, 0) is 13.0 Å². The number of benzene rings is 1. The third-order valence-electron chi connectivity index (χ3n) is 3.60. The Balaban J connectivity index is 1.75. The average molecular weight is 282 g/mol. The van der Waals surface area contributed by atoms with E-state index in [1.807, 2.05) is 13.0 Å². The zero-order valence-electron chi connectivity index (χ0n) is 11.9. The second-order valence-corrected chi connectivity index (χ2v) is 5.22. The molecule has 1 heterocycles. The van der Waals surface area contributed by atoms with Crippen molar-refractivity contribution >= 4 is 0 Å². The average Bonchev–Trinajstić information content (AvgIpc) is 2.46. The minimum absolute atomic E-state index is 0.115. The van der Waals surface area contributed by atoms with Gasteiger partial charge in [-0.3, -0.25) is 4.90 Å². The van der Waals surface area contributed by atoms with Crippen LogP contribution >= 0.6 is 0 Å². The number of ether oxygens (including phenoxy) is 1. The number of nitrogens with zero attached hydrogens (tertiary/aromatic N) is 1. The number of morpholine rings is 1. The van der Waals surface area contributed by atoms with Crippen LogP contribution in [0.4, 0.5) is 4.39 Å². The van der Waals surface area contributed by atoms with Gasteiger partial charge in [0, 0.05) is 37.8 Å². The first-order chi connectivity index (χ1) is 9.66. The van der Waals surface area contributed by atoms with Gasteiger partial charge in [0.05, 0.1) is 19.3 Å². The molecule has 2 atom stereocenters. The molecule has 0 aromatic heterocycles. The van der Waals surface area contributed by atoms with E-state index in [1.54, 1.807) is 12.1 Å². The van der Waals surface area contributed by atoms with Gasteiger partial charge in [-0.25, -0.2) is 4.39 Å². The van der Waals surface area contributed by atoms with E-state index >= 15 is 0 Å². The third kappa shape index (κ3) is 4.52. The fraction of sp³-hybridized carbons (Fsp3) is 0.600. The van der Waals surface area contributed by atoms with E-state index in [2.05, 4.69) is 10.2 Å². The number of aliphatic hydroxyl groups excluding tert-OH is 1. The summed E-state index contributed by atoms with van der Waals surface area (Å²) in [5.41, 5.74) is 0.631. The molecule has 0 saturated carbocycles. The summed E-state index contributed by atoms with van der Waals surface area (Å²) in [6.07, 6.45) is -0.456. The molecule has 1 aromatic rings. The highest BCUT2D eigenvalue weighted by atomic mass is 19.1. The van der Waals surface area contributed by atoms with Crippen molar-refractivity contribution in [2.45, 2.75) is 19.1 Å². The van der Waals surface area contributed by atoms with Crippen molar-refractivity contribution in [2.24, 2.45) is 0 Å². The predicted octanol–water partition coefficient (Wildman–Crippen LogP) is 1.17. The summed E-state index contributed by atoms with van der Waals surface area (Å²) < 4.78 is 18.9. The van der Waals surface area contributed by atoms with E-state index in [0.29, 0.717) is 18.7 Å². The number of halogens is 1. The topological polar surface area (TPSA) is 44.7 Å². The van der Waals surface area contributed by atoms with Gasteiger partial charge >= 0.3 is 0 Å². The van der Waals surface area contributed by atoms with Gasteiger partial charge in [-0.1, -0.05) is 18.2 Å². The molecule has 4 nitrogen and oxygen atoms in total. The summed E-state index contributed by atoms with van der Waals surface area (Å²) >= 11 is 0. The quantitative estimate of drug-likeness (QED) is 0.822. The Morgan fingerprint density at radius 2 is 2.05 bits per heavy atom. The zero-order chi connectivity index (χ0) is 14.4. The van der Waals surface area contributed by atoms with Crippen LogP contribution in [0.3, 0.4) is 0 Å². The minimum Gasteiger partial charge on any atom is -0.390 e. The number of hydrogen-bond donors (Lipinski definition) is 2. The molecular weight excluding hydrogens is 259 g/mol. The highest BCUT2D eigenvalue weighted by Gasteiger charge is 2.16. The largest absolute Gasteiger partial charge is 0.390 e. The van der Waals surface area contributed by atoms with E-state index in [4.69, 9.17) is 4.74 Å². The number of nitrogens with one attached hydrogen (secondary N) is 1. The van der Waals surface area contributed by atoms with Crippen LogP contribution in [0.15, 0.2) is 24.3 Å². The Morgan fingerprint density at radius 3 is 2.75 bits per heavy atom. The third-order valence-corrected chi connectivity index (χ3v) is 3.60. The van der Waals surface area contributed by atoms with Crippen molar-refractivity contribution in [1.82, 2.24) is 10.2 Å². The molecule has 0 radical (unpaired) electrons. The van der Waals surface area contributed by atoms with Gasteiger partial charge in [0.2, 0.25) is 0 Å². The molecule has 20 heavy (non-hydrogen) atoms. The minimum atomic E-state index is -0.456. The molecule has 0 spiro atoms. The van der Waals surface area contributed by atoms with Crippen molar-refractivity contribution in [3.8, 4) is 0 Å². The Bertz CT molecular complexity index is 411. The summed E-state index contributed by atoms with van der Waals surface area (Å²) in [7, 11) is 0. The molecule has 1 saturated heterocycles. The second kappa shape index (κ2) is 7.69. The zero-order valence-corrected chi connectivity index (χ0v) is 11.9. The van der Waals surface area contributed by atoms with Crippen LogP contribution in [0, 0.1) is 5.82 Å². The number of rotatable bonds is 6. The standard InChI is InChI=1S/C15H23FN2O2/c1-12(14-4-2-3-5-15(14)16)17-10-13(19)11-18-6-8-20-9-7-18/h2-5,12-13,17,19H,6-11H2,1H3/t12-,13?/m1/s1. The molecule has 1 aliphatic heterocycles. The normalized spacial score (nSPS) is 19.8. The van der Waals surface area contributed by atoms with E-state index in [0.717, 1.165) is 26.3 Å². The molecule has 1 unspecified atom stereocenters. The molecule has 1 aliphatic rings. The summed E-state index contributed by atoms with van der Waals surface area (Å²) in [4.78, 5) is 2.18. The SMILES string of the molecule is C[C@@H](NCC(O)CN1CCOCC1)c1ccccc1F. The van der Waals surface area contributed by atoms with Crippen molar-refractivity contribution < 1.29 is 14.2 Å². The van der Waals surface area contributed by atoms with Crippen LogP contribution < -0.4 is 5.32 Å². The predicted molar refractivity (Wildman–Crippen MR) is 76.1 cm³/mol. The molecule has 112 valence electrons. The maximum Gasteiger partial charge on any atom is 0.127 e. The smallest absolute Gasteiger partial charge is 0.127 e. The summed E-state index contributed by atoms with van der Waals surface area (Å²) in [5, 5.41) is 13.2. The van der Waals surface area contributed by atoms with Crippen LogP contribution in [0.5, 0.6) is 0 Å². The van der Waals surface area contributed by atoms with E-state index in [9.17, 15) is 9.50 Å². The van der Waals surface area contributed by atoms with E-state index < -0.39 is 6.10 Å². The first-order valence-corrected chi connectivity index (χ1v) is 7.13. The summed E-state index contributed by atoms with van der Waals surface area (Å²) in [6, 6.07) is 6.61. The molecule has 1 aromatic carbocycles. The van der Waals surface area contributed by atoms with Crippen LogP contribution in [-0.4, -0.2) is 55.5 Å². The summed E-state index contributed by atoms with van der Waals surface area (Å²) in [6.45, 7) is 6.16.